The van der Waals surface area contributed by atoms with E-state index in [0.29, 0.717) is 12.0 Å². The standard InChI is InChI=1S/C9H12N2O/c1-7(10)5-9(12)8-3-2-4-11-6-8/h2-4,6-7H,5,10H2,1H3. The van der Waals surface area contributed by atoms with Gasteiger partial charge >= 0.3 is 0 Å². The van der Waals surface area contributed by atoms with Crippen molar-refractivity contribution in [1.29, 1.82) is 0 Å². The molecule has 0 aliphatic rings. The predicted molar refractivity (Wildman–Crippen MR) is 46.8 cm³/mol. The fourth-order valence-corrected chi connectivity index (χ4v) is 0.938. The number of aromatic nitrogens is 1. The molecular weight excluding hydrogens is 152 g/mol. The summed E-state index contributed by atoms with van der Waals surface area (Å²) in [7, 11) is 0. The van der Waals surface area contributed by atoms with E-state index in [1.165, 1.54) is 0 Å². The summed E-state index contributed by atoms with van der Waals surface area (Å²) in [6.07, 6.45) is 3.58. The lowest BCUT2D eigenvalue weighted by Gasteiger charge is -2.02. The molecule has 0 bridgehead atoms. The third kappa shape index (κ3) is 2.43. The van der Waals surface area contributed by atoms with Crippen molar-refractivity contribution < 1.29 is 4.79 Å². The molecule has 2 N–H and O–H groups in total. The molecule has 0 radical (unpaired) electrons. The van der Waals surface area contributed by atoms with Gasteiger partial charge in [-0.2, -0.15) is 0 Å². The van der Waals surface area contributed by atoms with Gasteiger partial charge in [-0.05, 0) is 19.1 Å². The molecule has 0 fully saturated rings. The van der Waals surface area contributed by atoms with E-state index in [1.807, 2.05) is 6.92 Å². The van der Waals surface area contributed by atoms with Crippen LogP contribution in [0.25, 0.3) is 0 Å². The molecule has 0 aliphatic heterocycles. The van der Waals surface area contributed by atoms with E-state index in [4.69, 9.17) is 5.73 Å². The number of hydrogen-bond acceptors (Lipinski definition) is 3. The zero-order valence-electron chi connectivity index (χ0n) is 7.03. The molecule has 1 atom stereocenters. The number of rotatable bonds is 3. The third-order valence-corrected chi connectivity index (χ3v) is 1.49. The fourth-order valence-electron chi connectivity index (χ4n) is 0.938. The predicted octanol–water partition coefficient (Wildman–Crippen LogP) is 1.00. The van der Waals surface area contributed by atoms with Gasteiger partial charge in [-0.25, -0.2) is 0 Å². The first kappa shape index (κ1) is 8.87. The number of nitrogens with zero attached hydrogens (tertiary/aromatic N) is 1. The summed E-state index contributed by atoms with van der Waals surface area (Å²) >= 11 is 0. The van der Waals surface area contributed by atoms with Gasteiger partial charge < -0.3 is 5.73 Å². The van der Waals surface area contributed by atoms with Crippen LogP contribution >= 0.6 is 0 Å². The zero-order chi connectivity index (χ0) is 8.97. The maximum absolute atomic E-state index is 11.3. The van der Waals surface area contributed by atoms with Crippen LogP contribution in [0.1, 0.15) is 23.7 Å². The van der Waals surface area contributed by atoms with Crippen LogP contribution in [0.15, 0.2) is 24.5 Å². The second kappa shape index (κ2) is 3.97. The van der Waals surface area contributed by atoms with Gasteiger partial charge in [0.2, 0.25) is 0 Å². The van der Waals surface area contributed by atoms with Crippen LogP contribution in [0.4, 0.5) is 0 Å². The first-order valence-corrected chi connectivity index (χ1v) is 3.89. The molecule has 1 unspecified atom stereocenters. The largest absolute Gasteiger partial charge is 0.328 e. The van der Waals surface area contributed by atoms with Crippen molar-refractivity contribution in [3.8, 4) is 0 Å². The summed E-state index contributed by atoms with van der Waals surface area (Å²) in [6.45, 7) is 1.81. The Morgan fingerprint density at radius 2 is 2.50 bits per heavy atom. The molecule has 64 valence electrons. The lowest BCUT2D eigenvalue weighted by molar-refractivity contribution is 0.0976. The molecule has 1 aromatic rings. The molecule has 3 nitrogen and oxygen atoms in total. The number of hydrogen-bond donors (Lipinski definition) is 1. The molecule has 1 aromatic heterocycles. The Balaban J connectivity index is 2.66. The maximum Gasteiger partial charge on any atom is 0.165 e. The highest BCUT2D eigenvalue weighted by Crippen LogP contribution is 2.01. The van der Waals surface area contributed by atoms with Crippen molar-refractivity contribution >= 4 is 5.78 Å². The van der Waals surface area contributed by atoms with Gasteiger partial charge in [0.05, 0.1) is 0 Å². The summed E-state index contributed by atoms with van der Waals surface area (Å²) in [5, 5.41) is 0. The van der Waals surface area contributed by atoms with E-state index in [0.717, 1.165) is 0 Å². The van der Waals surface area contributed by atoms with Gasteiger partial charge in [0.15, 0.2) is 5.78 Å². The molecule has 0 aliphatic carbocycles. The minimum Gasteiger partial charge on any atom is -0.328 e. The number of carbonyl (C=O) groups is 1. The quantitative estimate of drug-likeness (QED) is 0.678. The number of nitrogens with two attached hydrogens (primary N) is 1. The molecule has 1 heterocycles. The van der Waals surface area contributed by atoms with Crippen LogP contribution < -0.4 is 5.73 Å². The first-order chi connectivity index (χ1) is 5.70. The van der Waals surface area contributed by atoms with Crippen LogP contribution in [0.3, 0.4) is 0 Å². The molecule has 0 amide bonds. The Morgan fingerprint density at radius 3 is 3.00 bits per heavy atom. The highest BCUT2D eigenvalue weighted by molar-refractivity contribution is 5.96. The Bertz CT molecular complexity index is 256. The molecule has 0 spiro atoms. The molecule has 3 heteroatoms. The lowest BCUT2D eigenvalue weighted by atomic mass is 10.1. The number of ketones is 1. The Kier molecular flexibility index (Phi) is 2.94. The summed E-state index contributed by atoms with van der Waals surface area (Å²) < 4.78 is 0. The average Bonchev–Trinajstić information content (AvgIpc) is 2.05. The molecule has 0 aromatic carbocycles. The van der Waals surface area contributed by atoms with Gasteiger partial charge in [0, 0.05) is 30.4 Å². The number of carbonyl (C=O) groups excluding carboxylic acids is 1. The van der Waals surface area contributed by atoms with Crippen LogP contribution in [0.2, 0.25) is 0 Å². The second-order valence-electron chi connectivity index (χ2n) is 2.85. The molecular formula is C9H12N2O. The smallest absolute Gasteiger partial charge is 0.165 e. The first-order valence-electron chi connectivity index (χ1n) is 3.89. The normalized spacial score (nSPS) is 12.5. The Labute approximate surface area is 71.6 Å². The van der Waals surface area contributed by atoms with E-state index in [-0.39, 0.29) is 11.8 Å². The topological polar surface area (TPSA) is 56.0 Å². The average molecular weight is 164 g/mol. The fraction of sp³-hybridized carbons (Fsp3) is 0.333. The van der Waals surface area contributed by atoms with Gasteiger partial charge in [0.25, 0.3) is 0 Å². The van der Waals surface area contributed by atoms with Gasteiger partial charge in [-0.1, -0.05) is 0 Å². The van der Waals surface area contributed by atoms with Crippen molar-refractivity contribution in [1.82, 2.24) is 4.98 Å². The second-order valence-corrected chi connectivity index (χ2v) is 2.85. The molecule has 0 saturated carbocycles. The van der Waals surface area contributed by atoms with E-state index >= 15 is 0 Å². The molecule has 1 rings (SSSR count). The van der Waals surface area contributed by atoms with Crippen molar-refractivity contribution in [2.24, 2.45) is 5.73 Å². The minimum absolute atomic E-state index is 0.0538. The minimum atomic E-state index is -0.0855. The zero-order valence-corrected chi connectivity index (χ0v) is 7.03. The van der Waals surface area contributed by atoms with Gasteiger partial charge in [-0.3, -0.25) is 9.78 Å². The third-order valence-electron chi connectivity index (χ3n) is 1.49. The van der Waals surface area contributed by atoms with E-state index in [9.17, 15) is 4.79 Å². The highest BCUT2D eigenvalue weighted by Gasteiger charge is 2.07. The van der Waals surface area contributed by atoms with Gasteiger partial charge in [0.1, 0.15) is 0 Å². The summed E-state index contributed by atoms with van der Waals surface area (Å²) in [6, 6.07) is 3.41. The van der Waals surface area contributed by atoms with E-state index in [1.54, 1.807) is 24.5 Å². The summed E-state index contributed by atoms with van der Waals surface area (Å²) in [5.41, 5.74) is 6.12. The highest BCUT2D eigenvalue weighted by atomic mass is 16.1. The monoisotopic (exact) mass is 164 g/mol. The Morgan fingerprint density at radius 1 is 1.75 bits per heavy atom. The SMILES string of the molecule is CC(N)CC(=O)c1cccnc1. The molecule has 0 saturated heterocycles. The lowest BCUT2D eigenvalue weighted by Crippen LogP contribution is -2.19. The molecule has 12 heavy (non-hydrogen) atoms. The summed E-state index contributed by atoms with van der Waals surface area (Å²) in [5.74, 6) is 0.0538. The van der Waals surface area contributed by atoms with Crippen molar-refractivity contribution in [3.05, 3.63) is 30.1 Å². The number of Topliss-reactive ketones (excluding diaryl/α,β-unsaturated/α-hetero) is 1. The van der Waals surface area contributed by atoms with Crippen LogP contribution in [0, 0.1) is 0 Å². The van der Waals surface area contributed by atoms with Crippen molar-refractivity contribution in [2.75, 3.05) is 0 Å². The van der Waals surface area contributed by atoms with E-state index in [2.05, 4.69) is 4.98 Å². The maximum atomic E-state index is 11.3. The van der Waals surface area contributed by atoms with Crippen LogP contribution in [-0.2, 0) is 0 Å². The van der Waals surface area contributed by atoms with E-state index < -0.39 is 0 Å². The van der Waals surface area contributed by atoms with Crippen LogP contribution in [0.5, 0.6) is 0 Å². The summed E-state index contributed by atoms with van der Waals surface area (Å²) in [4.78, 5) is 15.2. The van der Waals surface area contributed by atoms with Crippen LogP contribution in [-0.4, -0.2) is 16.8 Å². The van der Waals surface area contributed by atoms with Crippen molar-refractivity contribution in [2.45, 2.75) is 19.4 Å². The van der Waals surface area contributed by atoms with Gasteiger partial charge in [-0.15, -0.1) is 0 Å². The van der Waals surface area contributed by atoms with Crippen molar-refractivity contribution in [3.63, 3.8) is 0 Å². The Hall–Kier alpha value is -1.22. The number of pyridine rings is 1.